The van der Waals surface area contributed by atoms with E-state index in [9.17, 15) is 9.50 Å². The topological polar surface area (TPSA) is 53.2 Å². The van der Waals surface area contributed by atoms with Crippen LogP contribution in [-0.2, 0) is 13.2 Å². The van der Waals surface area contributed by atoms with Crippen molar-refractivity contribution >= 4 is 15.9 Å². The number of aryl methyl sites for hydroxylation is 1. The van der Waals surface area contributed by atoms with Crippen LogP contribution in [0.15, 0.2) is 34.8 Å². The summed E-state index contributed by atoms with van der Waals surface area (Å²) in [5.41, 5.74) is 2.24. The molecule has 1 N–H and O–H groups in total. The van der Waals surface area contributed by atoms with E-state index in [2.05, 4.69) is 15.9 Å². The highest BCUT2D eigenvalue weighted by atomic mass is 79.9. The minimum Gasteiger partial charge on any atom is -0.488 e. The fourth-order valence-electron chi connectivity index (χ4n) is 2.03. The van der Waals surface area contributed by atoms with E-state index < -0.39 is 5.82 Å². The second-order valence-electron chi connectivity index (χ2n) is 4.58. The Morgan fingerprint density at radius 1 is 1.33 bits per heavy atom. The second kappa shape index (κ2) is 6.70. The van der Waals surface area contributed by atoms with E-state index in [-0.39, 0.29) is 18.8 Å². The van der Waals surface area contributed by atoms with Gasteiger partial charge in [0.25, 0.3) is 0 Å². The van der Waals surface area contributed by atoms with Crippen LogP contribution in [0, 0.1) is 24.1 Å². The molecule has 21 heavy (non-hydrogen) atoms. The molecule has 0 spiro atoms. The summed E-state index contributed by atoms with van der Waals surface area (Å²) in [5.74, 6) is 0.0562. The molecule has 0 aliphatic carbocycles. The van der Waals surface area contributed by atoms with Gasteiger partial charge in [0.2, 0.25) is 0 Å². The number of aliphatic hydroxyl groups is 1. The van der Waals surface area contributed by atoms with Crippen molar-refractivity contribution in [3.05, 3.63) is 62.9 Å². The van der Waals surface area contributed by atoms with Crippen LogP contribution in [0.25, 0.3) is 0 Å². The summed E-state index contributed by atoms with van der Waals surface area (Å²) in [6.07, 6.45) is 0. The van der Waals surface area contributed by atoms with E-state index in [1.165, 1.54) is 12.1 Å². The SMILES string of the molecule is Cc1cc(Br)cc(CO)c1OCc1ccc(F)c(C#N)c1. The number of benzene rings is 2. The molecule has 0 aliphatic rings. The van der Waals surface area contributed by atoms with Crippen molar-refractivity contribution in [3.8, 4) is 11.8 Å². The van der Waals surface area contributed by atoms with Crippen molar-refractivity contribution < 1.29 is 14.2 Å². The maximum absolute atomic E-state index is 13.3. The van der Waals surface area contributed by atoms with Gasteiger partial charge in [-0.2, -0.15) is 5.26 Å². The van der Waals surface area contributed by atoms with Crippen molar-refractivity contribution in [2.75, 3.05) is 0 Å². The molecule has 0 aliphatic heterocycles. The highest BCUT2D eigenvalue weighted by molar-refractivity contribution is 9.10. The third kappa shape index (κ3) is 3.60. The Bertz CT molecular complexity index is 710. The Labute approximate surface area is 130 Å². The van der Waals surface area contributed by atoms with Crippen LogP contribution >= 0.6 is 15.9 Å². The standard InChI is InChI=1S/C16H13BrFNO2/c1-10-4-14(17)6-13(8-20)16(10)21-9-11-2-3-15(18)12(5-11)7-19/h2-6,20H,8-9H2,1H3. The third-order valence-corrected chi connectivity index (χ3v) is 3.48. The lowest BCUT2D eigenvalue weighted by Crippen LogP contribution is -2.02. The molecule has 2 aromatic rings. The van der Waals surface area contributed by atoms with Crippen molar-refractivity contribution in [1.29, 1.82) is 5.26 Å². The molecule has 2 aromatic carbocycles. The van der Waals surface area contributed by atoms with E-state index in [0.29, 0.717) is 16.9 Å². The minimum atomic E-state index is -0.544. The molecule has 0 saturated heterocycles. The molecular weight excluding hydrogens is 337 g/mol. The predicted molar refractivity (Wildman–Crippen MR) is 80.2 cm³/mol. The predicted octanol–water partition coefficient (Wildman–Crippen LogP) is 3.84. The fraction of sp³-hybridized carbons (Fsp3) is 0.188. The molecule has 0 amide bonds. The van der Waals surface area contributed by atoms with Crippen LogP contribution in [0.4, 0.5) is 4.39 Å². The fourth-order valence-corrected chi connectivity index (χ4v) is 2.65. The monoisotopic (exact) mass is 349 g/mol. The van der Waals surface area contributed by atoms with Crippen LogP contribution in [-0.4, -0.2) is 5.11 Å². The number of hydrogen-bond acceptors (Lipinski definition) is 3. The molecule has 0 aromatic heterocycles. The van der Waals surface area contributed by atoms with Gasteiger partial charge in [0, 0.05) is 10.0 Å². The molecule has 0 radical (unpaired) electrons. The molecule has 0 atom stereocenters. The smallest absolute Gasteiger partial charge is 0.140 e. The highest BCUT2D eigenvalue weighted by Crippen LogP contribution is 2.29. The van der Waals surface area contributed by atoms with Gasteiger partial charge >= 0.3 is 0 Å². The van der Waals surface area contributed by atoms with Crippen molar-refractivity contribution in [2.45, 2.75) is 20.1 Å². The second-order valence-corrected chi connectivity index (χ2v) is 5.50. The highest BCUT2D eigenvalue weighted by Gasteiger charge is 2.10. The first-order chi connectivity index (χ1) is 10.0. The van der Waals surface area contributed by atoms with E-state index in [1.54, 1.807) is 18.2 Å². The van der Waals surface area contributed by atoms with Crippen LogP contribution < -0.4 is 4.74 Å². The van der Waals surface area contributed by atoms with Gasteiger partial charge in [-0.1, -0.05) is 22.0 Å². The van der Waals surface area contributed by atoms with Gasteiger partial charge in [-0.25, -0.2) is 4.39 Å². The largest absolute Gasteiger partial charge is 0.488 e. The Kier molecular flexibility index (Phi) is 4.94. The molecule has 0 unspecified atom stereocenters. The average Bonchev–Trinajstić information content (AvgIpc) is 2.47. The Balaban J connectivity index is 2.23. The van der Waals surface area contributed by atoms with Crippen LogP contribution in [0.1, 0.15) is 22.3 Å². The number of ether oxygens (including phenoxy) is 1. The average molecular weight is 350 g/mol. The van der Waals surface area contributed by atoms with Gasteiger partial charge in [-0.05, 0) is 42.3 Å². The first-order valence-corrected chi connectivity index (χ1v) is 7.05. The maximum Gasteiger partial charge on any atom is 0.140 e. The molecule has 0 bridgehead atoms. The van der Waals surface area contributed by atoms with Gasteiger partial charge in [-0.15, -0.1) is 0 Å². The minimum absolute atomic E-state index is 0.00832. The number of hydrogen-bond donors (Lipinski definition) is 1. The van der Waals surface area contributed by atoms with Gasteiger partial charge in [0.05, 0.1) is 12.2 Å². The zero-order valence-corrected chi connectivity index (χ0v) is 12.9. The van der Waals surface area contributed by atoms with E-state index in [1.807, 2.05) is 13.0 Å². The summed E-state index contributed by atoms with van der Waals surface area (Å²) in [5, 5.41) is 18.2. The summed E-state index contributed by atoms with van der Waals surface area (Å²) in [4.78, 5) is 0. The summed E-state index contributed by atoms with van der Waals surface area (Å²) in [6.45, 7) is 1.94. The molecule has 2 rings (SSSR count). The first-order valence-electron chi connectivity index (χ1n) is 6.26. The first kappa shape index (κ1) is 15.5. The third-order valence-electron chi connectivity index (χ3n) is 3.02. The number of aliphatic hydroxyl groups excluding tert-OH is 1. The zero-order chi connectivity index (χ0) is 15.4. The summed E-state index contributed by atoms with van der Waals surface area (Å²) in [7, 11) is 0. The maximum atomic E-state index is 13.3. The molecule has 108 valence electrons. The zero-order valence-electron chi connectivity index (χ0n) is 11.4. The lowest BCUT2D eigenvalue weighted by Gasteiger charge is -2.14. The molecule has 5 heteroatoms. The lowest BCUT2D eigenvalue weighted by molar-refractivity contribution is 0.258. The van der Waals surface area contributed by atoms with Crippen LogP contribution in [0.2, 0.25) is 0 Å². The summed E-state index contributed by atoms with van der Waals surface area (Å²) < 4.78 is 19.9. The lowest BCUT2D eigenvalue weighted by atomic mass is 10.1. The number of nitriles is 1. The van der Waals surface area contributed by atoms with E-state index >= 15 is 0 Å². The quantitative estimate of drug-likeness (QED) is 0.912. The van der Waals surface area contributed by atoms with Crippen LogP contribution in [0.3, 0.4) is 0 Å². The summed E-state index contributed by atoms with van der Waals surface area (Å²) >= 11 is 3.37. The molecular formula is C16H13BrFNO2. The number of nitrogens with zero attached hydrogens (tertiary/aromatic N) is 1. The molecule has 0 heterocycles. The summed E-state index contributed by atoms with van der Waals surface area (Å²) in [6, 6.07) is 9.75. The number of halogens is 2. The normalized spacial score (nSPS) is 10.2. The Morgan fingerprint density at radius 3 is 2.76 bits per heavy atom. The Hall–Kier alpha value is -1.90. The van der Waals surface area contributed by atoms with Gasteiger partial charge in [-0.3, -0.25) is 0 Å². The molecule has 0 fully saturated rings. The van der Waals surface area contributed by atoms with Crippen molar-refractivity contribution in [3.63, 3.8) is 0 Å². The number of rotatable bonds is 4. The van der Waals surface area contributed by atoms with Crippen molar-refractivity contribution in [1.82, 2.24) is 0 Å². The van der Waals surface area contributed by atoms with Gasteiger partial charge < -0.3 is 9.84 Å². The molecule has 3 nitrogen and oxygen atoms in total. The van der Waals surface area contributed by atoms with Gasteiger partial charge in [0.15, 0.2) is 0 Å². The Morgan fingerprint density at radius 2 is 2.10 bits per heavy atom. The van der Waals surface area contributed by atoms with Gasteiger partial charge in [0.1, 0.15) is 24.2 Å². The van der Waals surface area contributed by atoms with E-state index in [4.69, 9.17) is 10.00 Å². The molecule has 0 saturated carbocycles. The van der Waals surface area contributed by atoms with Crippen LogP contribution in [0.5, 0.6) is 5.75 Å². The van der Waals surface area contributed by atoms with Crippen molar-refractivity contribution in [2.24, 2.45) is 0 Å². The van der Waals surface area contributed by atoms with E-state index in [0.717, 1.165) is 10.0 Å².